The molecule has 2 aliphatic heterocycles. The van der Waals surface area contributed by atoms with Crippen molar-refractivity contribution in [2.45, 2.75) is 71.6 Å². The molecule has 0 aliphatic carbocycles. The zero-order chi connectivity index (χ0) is 24.7. The van der Waals surface area contributed by atoms with E-state index in [1.54, 1.807) is 6.07 Å². The van der Waals surface area contributed by atoms with Gasteiger partial charge < -0.3 is 15.0 Å². The van der Waals surface area contributed by atoms with E-state index in [4.69, 9.17) is 0 Å². The number of aryl methyl sites for hydroxylation is 1. The Morgan fingerprint density at radius 3 is 2.35 bits per heavy atom. The van der Waals surface area contributed by atoms with Gasteiger partial charge in [0.15, 0.2) is 0 Å². The van der Waals surface area contributed by atoms with E-state index < -0.39 is 6.36 Å². The lowest BCUT2D eigenvalue weighted by Crippen LogP contribution is -2.27. The van der Waals surface area contributed by atoms with Crippen LogP contribution in [0.2, 0.25) is 0 Å². The van der Waals surface area contributed by atoms with Gasteiger partial charge in [0.05, 0.1) is 4.88 Å². The Morgan fingerprint density at radius 2 is 1.76 bits per heavy atom. The molecule has 0 radical (unpaired) electrons. The van der Waals surface area contributed by atoms with E-state index >= 15 is 0 Å². The number of unbranched alkanes of at least 4 members (excludes halogenated alkanes) is 1. The maximum Gasteiger partial charge on any atom is 0.573 e. The van der Waals surface area contributed by atoms with Gasteiger partial charge in [0, 0.05) is 18.0 Å². The van der Waals surface area contributed by atoms with Crippen LogP contribution in [0, 0.1) is 6.92 Å². The second-order valence-corrected chi connectivity index (χ2v) is 10.00. The molecule has 0 spiro atoms. The number of rotatable bonds is 5. The van der Waals surface area contributed by atoms with E-state index in [-0.39, 0.29) is 17.6 Å². The second kappa shape index (κ2) is 12.1. The molecule has 3 heterocycles. The molecule has 1 N–H and O–H groups in total. The van der Waals surface area contributed by atoms with Crippen molar-refractivity contribution in [3.05, 3.63) is 40.3 Å². The number of halogens is 3. The van der Waals surface area contributed by atoms with Gasteiger partial charge in [0.1, 0.15) is 5.75 Å². The zero-order valence-electron chi connectivity index (χ0n) is 20.3. The molecule has 34 heavy (non-hydrogen) atoms. The molecule has 1 aromatic heterocycles. The lowest BCUT2D eigenvalue weighted by atomic mass is 9.89. The molecule has 2 aliphatic rings. The van der Waals surface area contributed by atoms with Gasteiger partial charge in [-0.1, -0.05) is 38.8 Å². The van der Waals surface area contributed by atoms with E-state index in [1.165, 1.54) is 30.2 Å². The van der Waals surface area contributed by atoms with Crippen LogP contribution < -0.4 is 10.1 Å². The molecule has 1 aromatic carbocycles. The molecule has 1 amide bonds. The molecule has 4 rings (SSSR count). The van der Waals surface area contributed by atoms with Crippen molar-refractivity contribution in [1.29, 1.82) is 0 Å². The Morgan fingerprint density at radius 1 is 1.12 bits per heavy atom. The third-order valence-electron chi connectivity index (χ3n) is 6.31. The van der Waals surface area contributed by atoms with Gasteiger partial charge in [-0.25, -0.2) is 0 Å². The number of carbonyl (C=O) groups is 1. The highest BCUT2D eigenvalue weighted by Gasteiger charge is 2.33. The standard InChI is InChI=1S/C22H25F3N2O2S.C4H10/c1-14-12-19(30-20(14)21(28)27-10-2-3-11-27)16-4-5-17(15-6-8-26-9-7-15)18(13-16)29-22(23,24)25;1-3-4-2/h4-5,12-13,15,26H,2-3,6-11H2,1H3;3-4H2,1-2H3. The topological polar surface area (TPSA) is 41.6 Å². The van der Waals surface area contributed by atoms with Crippen molar-refractivity contribution >= 4 is 17.2 Å². The molecule has 2 saturated heterocycles. The van der Waals surface area contributed by atoms with Crippen LogP contribution in [0.1, 0.15) is 79.1 Å². The van der Waals surface area contributed by atoms with Crippen LogP contribution >= 0.6 is 11.3 Å². The van der Waals surface area contributed by atoms with Crippen molar-refractivity contribution in [3.63, 3.8) is 0 Å². The molecular weight excluding hydrogens is 461 g/mol. The first kappa shape index (κ1) is 26.5. The summed E-state index contributed by atoms with van der Waals surface area (Å²) in [6.07, 6.45) is 1.47. The van der Waals surface area contributed by atoms with Crippen LogP contribution in [-0.2, 0) is 0 Å². The predicted molar refractivity (Wildman–Crippen MR) is 132 cm³/mol. The van der Waals surface area contributed by atoms with Crippen molar-refractivity contribution < 1.29 is 22.7 Å². The number of likely N-dealkylation sites (tertiary alicyclic amines) is 1. The quantitative estimate of drug-likeness (QED) is 0.479. The van der Waals surface area contributed by atoms with Crippen LogP contribution in [0.25, 0.3) is 10.4 Å². The number of nitrogens with zero attached hydrogens (tertiary/aromatic N) is 1. The van der Waals surface area contributed by atoms with Gasteiger partial charge >= 0.3 is 6.36 Å². The lowest BCUT2D eigenvalue weighted by Gasteiger charge is -2.25. The van der Waals surface area contributed by atoms with Crippen LogP contribution in [-0.4, -0.2) is 43.3 Å². The Hall–Kier alpha value is -2.06. The van der Waals surface area contributed by atoms with Crippen LogP contribution in [0.15, 0.2) is 24.3 Å². The second-order valence-electron chi connectivity index (χ2n) is 8.95. The Balaban J connectivity index is 0.000000751. The lowest BCUT2D eigenvalue weighted by molar-refractivity contribution is -0.275. The molecule has 8 heteroatoms. The van der Waals surface area contributed by atoms with Crippen molar-refractivity contribution in [2.75, 3.05) is 26.2 Å². The van der Waals surface area contributed by atoms with Gasteiger partial charge in [-0.2, -0.15) is 0 Å². The SMILES string of the molecule is CCCC.Cc1cc(-c2ccc(C3CCNCC3)c(OC(F)(F)F)c2)sc1C(=O)N1CCCC1. The van der Waals surface area contributed by atoms with Crippen LogP contribution in [0.4, 0.5) is 13.2 Å². The van der Waals surface area contributed by atoms with E-state index in [9.17, 15) is 18.0 Å². The highest BCUT2D eigenvalue weighted by atomic mass is 32.1. The zero-order valence-corrected chi connectivity index (χ0v) is 21.1. The number of hydrogen-bond donors (Lipinski definition) is 1. The highest BCUT2D eigenvalue weighted by Crippen LogP contribution is 2.40. The predicted octanol–water partition coefficient (Wildman–Crippen LogP) is 7.13. The summed E-state index contributed by atoms with van der Waals surface area (Å²) >= 11 is 1.34. The first-order valence-electron chi connectivity index (χ1n) is 12.2. The summed E-state index contributed by atoms with van der Waals surface area (Å²) in [4.78, 5) is 16.1. The summed E-state index contributed by atoms with van der Waals surface area (Å²) < 4.78 is 43.7. The third-order valence-corrected chi connectivity index (χ3v) is 7.58. The maximum absolute atomic E-state index is 13.1. The number of thiophene rings is 1. The minimum atomic E-state index is -4.75. The summed E-state index contributed by atoms with van der Waals surface area (Å²) in [5.41, 5.74) is 2.09. The third kappa shape index (κ3) is 6.98. The monoisotopic (exact) mass is 496 g/mol. The fraction of sp³-hybridized carbons (Fsp3) is 0.577. The number of piperidine rings is 1. The first-order valence-corrected chi connectivity index (χ1v) is 13.1. The van der Waals surface area contributed by atoms with Gasteiger partial charge in [-0.15, -0.1) is 24.5 Å². The molecule has 4 nitrogen and oxygen atoms in total. The Bertz CT molecular complexity index is 944. The summed E-state index contributed by atoms with van der Waals surface area (Å²) in [7, 11) is 0. The number of nitrogens with one attached hydrogen (secondary N) is 1. The Kier molecular flexibility index (Phi) is 9.42. The fourth-order valence-corrected chi connectivity index (χ4v) is 5.41. The average molecular weight is 497 g/mol. The summed E-state index contributed by atoms with van der Waals surface area (Å²) in [6, 6.07) is 6.95. The number of alkyl halides is 3. The molecule has 0 bridgehead atoms. The molecule has 2 aromatic rings. The molecule has 0 unspecified atom stereocenters. The minimum Gasteiger partial charge on any atom is -0.405 e. The van der Waals surface area contributed by atoms with E-state index in [0.717, 1.165) is 62.3 Å². The van der Waals surface area contributed by atoms with Gasteiger partial charge in [0.25, 0.3) is 5.91 Å². The smallest absolute Gasteiger partial charge is 0.405 e. The number of hydrogen-bond acceptors (Lipinski definition) is 4. The average Bonchev–Trinajstić information content (AvgIpc) is 3.48. The number of benzene rings is 1. The van der Waals surface area contributed by atoms with Gasteiger partial charge in [0.2, 0.25) is 0 Å². The van der Waals surface area contributed by atoms with E-state index in [1.807, 2.05) is 24.0 Å². The number of carbonyl (C=O) groups excluding carboxylic acids is 1. The van der Waals surface area contributed by atoms with Crippen molar-refractivity contribution in [1.82, 2.24) is 10.2 Å². The van der Waals surface area contributed by atoms with Crippen LogP contribution in [0.3, 0.4) is 0 Å². The van der Waals surface area contributed by atoms with Gasteiger partial charge in [-0.05, 0) is 80.4 Å². The van der Waals surface area contributed by atoms with E-state index in [0.29, 0.717) is 16.0 Å². The molecule has 0 atom stereocenters. The van der Waals surface area contributed by atoms with Crippen molar-refractivity contribution in [3.8, 4) is 16.2 Å². The summed E-state index contributed by atoms with van der Waals surface area (Å²) in [5, 5.41) is 3.23. The largest absolute Gasteiger partial charge is 0.573 e. The number of amides is 1. The molecule has 0 saturated carbocycles. The molecule has 188 valence electrons. The normalized spacial score (nSPS) is 16.8. The first-order chi connectivity index (χ1) is 16.2. The van der Waals surface area contributed by atoms with E-state index in [2.05, 4.69) is 23.9 Å². The molecular formula is C26H35F3N2O2S. The highest BCUT2D eigenvalue weighted by molar-refractivity contribution is 7.17. The minimum absolute atomic E-state index is 0.0133. The van der Waals surface area contributed by atoms with Crippen LogP contribution in [0.5, 0.6) is 5.75 Å². The van der Waals surface area contributed by atoms with Gasteiger partial charge in [-0.3, -0.25) is 4.79 Å². The summed E-state index contributed by atoms with van der Waals surface area (Å²) in [6.45, 7) is 9.33. The Labute approximate surface area is 204 Å². The summed E-state index contributed by atoms with van der Waals surface area (Å²) in [5.74, 6) is -0.0836. The molecule has 2 fully saturated rings. The van der Waals surface area contributed by atoms with Crippen molar-refractivity contribution in [2.24, 2.45) is 0 Å². The number of ether oxygens (including phenoxy) is 1. The maximum atomic E-state index is 13.1. The fourth-order valence-electron chi connectivity index (χ4n) is 4.27.